The van der Waals surface area contributed by atoms with E-state index < -0.39 is 6.10 Å². The van der Waals surface area contributed by atoms with E-state index >= 15 is 0 Å². The van der Waals surface area contributed by atoms with E-state index in [9.17, 15) is 9.50 Å². The molecule has 1 atom stereocenters. The highest BCUT2D eigenvalue weighted by molar-refractivity contribution is 5.43. The van der Waals surface area contributed by atoms with Crippen molar-refractivity contribution in [3.8, 4) is 5.75 Å². The number of hydrogen-bond donors (Lipinski definition) is 1. The first-order valence-corrected chi connectivity index (χ1v) is 4.30. The van der Waals surface area contributed by atoms with Crippen LogP contribution in [-0.4, -0.2) is 11.7 Å². The van der Waals surface area contributed by atoms with Crippen LogP contribution in [0.25, 0.3) is 0 Å². The zero-order chi connectivity index (χ0) is 9.42. The Morgan fingerprint density at radius 2 is 2.31 bits per heavy atom. The van der Waals surface area contributed by atoms with Gasteiger partial charge in [-0.3, -0.25) is 0 Å². The minimum Gasteiger partial charge on any atom is -0.490 e. The van der Waals surface area contributed by atoms with Gasteiger partial charge in [0.25, 0.3) is 0 Å². The lowest BCUT2D eigenvalue weighted by Gasteiger charge is -2.24. The molecule has 1 aromatic rings. The molecule has 0 saturated heterocycles. The Kier molecular flexibility index (Phi) is 1.96. The van der Waals surface area contributed by atoms with E-state index in [0.717, 1.165) is 5.56 Å². The molecule has 0 fully saturated rings. The molecule has 1 aromatic carbocycles. The number of benzene rings is 1. The molecule has 70 valence electrons. The van der Waals surface area contributed by atoms with Crippen molar-refractivity contribution in [1.29, 1.82) is 0 Å². The molecule has 0 bridgehead atoms. The van der Waals surface area contributed by atoms with Crippen molar-refractivity contribution in [1.82, 2.24) is 0 Å². The zero-order valence-corrected chi connectivity index (χ0v) is 7.38. The Morgan fingerprint density at radius 3 is 3.00 bits per heavy atom. The highest BCUT2D eigenvalue weighted by Crippen LogP contribution is 2.36. The van der Waals surface area contributed by atoms with Gasteiger partial charge in [-0.05, 0) is 18.6 Å². The van der Waals surface area contributed by atoms with Crippen LogP contribution in [0.15, 0.2) is 12.1 Å². The molecule has 3 heteroatoms. The van der Waals surface area contributed by atoms with Gasteiger partial charge in [0.1, 0.15) is 0 Å². The second-order valence-corrected chi connectivity index (χ2v) is 3.26. The first-order valence-electron chi connectivity index (χ1n) is 4.30. The summed E-state index contributed by atoms with van der Waals surface area (Å²) in [5, 5.41) is 9.62. The molecule has 0 aliphatic carbocycles. The molecular formula is C10H11FO2. The quantitative estimate of drug-likeness (QED) is 0.664. The maximum atomic E-state index is 13.2. The van der Waals surface area contributed by atoms with Gasteiger partial charge in [0.05, 0.1) is 12.7 Å². The maximum absolute atomic E-state index is 13.2. The van der Waals surface area contributed by atoms with Gasteiger partial charge in [-0.15, -0.1) is 0 Å². The molecule has 1 heterocycles. The van der Waals surface area contributed by atoms with Crippen LogP contribution in [0.3, 0.4) is 0 Å². The van der Waals surface area contributed by atoms with E-state index in [2.05, 4.69) is 0 Å². The number of aliphatic hydroxyl groups is 1. The first-order chi connectivity index (χ1) is 6.20. The third-order valence-electron chi connectivity index (χ3n) is 2.34. The fraction of sp³-hybridized carbons (Fsp3) is 0.400. The summed E-state index contributed by atoms with van der Waals surface area (Å²) in [5.74, 6) is -0.168. The Morgan fingerprint density at radius 1 is 1.54 bits per heavy atom. The van der Waals surface area contributed by atoms with Gasteiger partial charge < -0.3 is 9.84 Å². The lowest BCUT2D eigenvalue weighted by atomic mass is 9.98. The minimum absolute atomic E-state index is 0.221. The Labute approximate surface area is 76.0 Å². The minimum atomic E-state index is -0.584. The van der Waals surface area contributed by atoms with Crippen molar-refractivity contribution in [3.63, 3.8) is 0 Å². The molecule has 0 amide bonds. The van der Waals surface area contributed by atoms with Crippen LogP contribution in [0.1, 0.15) is 23.7 Å². The largest absolute Gasteiger partial charge is 0.490 e. The predicted molar refractivity (Wildman–Crippen MR) is 46.2 cm³/mol. The monoisotopic (exact) mass is 182 g/mol. The molecule has 13 heavy (non-hydrogen) atoms. The number of aliphatic hydroxyl groups excluding tert-OH is 1. The average molecular weight is 182 g/mol. The second kappa shape index (κ2) is 3.00. The van der Waals surface area contributed by atoms with E-state index in [4.69, 9.17) is 4.74 Å². The standard InChI is InChI=1S/C10H11FO2/c1-6-2-3-7(11)10-9(6)8(12)4-5-13-10/h2-3,8,12H,4-5H2,1H3/t8-/m1/s1. The van der Waals surface area contributed by atoms with E-state index in [-0.39, 0.29) is 11.6 Å². The summed E-state index contributed by atoms with van der Waals surface area (Å²) in [6.45, 7) is 2.23. The SMILES string of the molecule is Cc1ccc(F)c2c1[C@H](O)CCO2. The number of aryl methyl sites for hydroxylation is 1. The van der Waals surface area contributed by atoms with E-state index in [1.807, 2.05) is 6.92 Å². The predicted octanol–water partition coefficient (Wildman–Crippen LogP) is 1.95. The lowest BCUT2D eigenvalue weighted by Crippen LogP contribution is -2.16. The summed E-state index contributed by atoms with van der Waals surface area (Å²) in [7, 11) is 0. The molecule has 2 nitrogen and oxygen atoms in total. The maximum Gasteiger partial charge on any atom is 0.165 e. The van der Waals surface area contributed by atoms with Crippen molar-refractivity contribution < 1.29 is 14.2 Å². The first kappa shape index (κ1) is 8.51. The van der Waals surface area contributed by atoms with Gasteiger partial charge in [-0.1, -0.05) is 6.07 Å². The molecule has 0 saturated carbocycles. The van der Waals surface area contributed by atoms with Gasteiger partial charge in [0.15, 0.2) is 11.6 Å². The molecule has 1 aliphatic rings. The number of fused-ring (bicyclic) bond motifs is 1. The third-order valence-corrected chi connectivity index (χ3v) is 2.34. The molecule has 0 unspecified atom stereocenters. The number of halogens is 1. The molecule has 1 N–H and O–H groups in total. The van der Waals surface area contributed by atoms with E-state index in [1.165, 1.54) is 6.07 Å². The van der Waals surface area contributed by atoms with Crippen LogP contribution < -0.4 is 4.74 Å². The summed E-state index contributed by atoms with van der Waals surface area (Å²) in [6.07, 6.45) is -0.0449. The van der Waals surface area contributed by atoms with Gasteiger partial charge in [0.2, 0.25) is 0 Å². The van der Waals surface area contributed by atoms with Crippen molar-refractivity contribution in [2.45, 2.75) is 19.4 Å². The highest BCUT2D eigenvalue weighted by Gasteiger charge is 2.23. The summed E-state index contributed by atoms with van der Waals surface area (Å²) >= 11 is 0. The molecule has 0 spiro atoms. The topological polar surface area (TPSA) is 29.5 Å². The Hall–Kier alpha value is -1.09. The van der Waals surface area contributed by atoms with Crippen LogP contribution in [0.5, 0.6) is 5.75 Å². The van der Waals surface area contributed by atoms with Gasteiger partial charge in [0, 0.05) is 12.0 Å². The fourth-order valence-corrected chi connectivity index (χ4v) is 1.65. The zero-order valence-electron chi connectivity index (χ0n) is 7.38. The fourth-order valence-electron chi connectivity index (χ4n) is 1.65. The van der Waals surface area contributed by atoms with Crippen LogP contribution in [0.2, 0.25) is 0 Å². The highest BCUT2D eigenvalue weighted by atomic mass is 19.1. The third kappa shape index (κ3) is 1.29. The molecular weight excluding hydrogens is 171 g/mol. The second-order valence-electron chi connectivity index (χ2n) is 3.26. The summed E-state index contributed by atoms with van der Waals surface area (Å²) in [5.41, 5.74) is 1.48. The van der Waals surface area contributed by atoms with Crippen molar-refractivity contribution in [2.75, 3.05) is 6.61 Å². The summed E-state index contributed by atoms with van der Waals surface area (Å²) in [6, 6.07) is 3.03. The summed E-state index contributed by atoms with van der Waals surface area (Å²) < 4.78 is 18.4. The van der Waals surface area contributed by atoms with Crippen molar-refractivity contribution in [2.24, 2.45) is 0 Å². The number of ether oxygens (including phenoxy) is 1. The van der Waals surface area contributed by atoms with Gasteiger partial charge in [-0.2, -0.15) is 0 Å². The Balaban J connectivity index is 2.60. The molecule has 0 radical (unpaired) electrons. The van der Waals surface area contributed by atoms with Crippen LogP contribution in [0.4, 0.5) is 4.39 Å². The Bertz CT molecular complexity index is 336. The molecule has 0 aromatic heterocycles. The van der Waals surface area contributed by atoms with Crippen molar-refractivity contribution in [3.05, 3.63) is 29.1 Å². The normalized spacial score (nSPS) is 20.7. The smallest absolute Gasteiger partial charge is 0.165 e. The molecule has 2 rings (SSSR count). The van der Waals surface area contributed by atoms with Gasteiger partial charge in [-0.25, -0.2) is 4.39 Å². The summed E-state index contributed by atoms with van der Waals surface area (Å²) in [4.78, 5) is 0. The van der Waals surface area contributed by atoms with Gasteiger partial charge >= 0.3 is 0 Å². The van der Waals surface area contributed by atoms with Crippen LogP contribution in [-0.2, 0) is 0 Å². The van der Waals surface area contributed by atoms with Crippen LogP contribution in [0, 0.1) is 12.7 Å². The lowest BCUT2D eigenvalue weighted by molar-refractivity contribution is 0.111. The van der Waals surface area contributed by atoms with E-state index in [0.29, 0.717) is 18.6 Å². The molecule has 1 aliphatic heterocycles. The number of hydrogen-bond acceptors (Lipinski definition) is 2. The average Bonchev–Trinajstić information content (AvgIpc) is 2.12. The number of rotatable bonds is 0. The van der Waals surface area contributed by atoms with Crippen LogP contribution >= 0.6 is 0 Å². The van der Waals surface area contributed by atoms with Crippen molar-refractivity contribution >= 4 is 0 Å². The van der Waals surface area contributed by atoms with E-state index in [1.54, 1.807) is 6.07 Å².